The molecule has 2 N–H and O–H groups in total. The second-order valence-electron chi connectivity index (χ2n) is 5.25. The van der Waals surface area contributed by atoms with Crippen molar-refractivity contribution in [1.82, 2.24) is 4.90 Å². The molecule has 0 saturated carbocycles. The molecule has 1 saturated heterocycles. The van der Waals surface area contributed by atoms with E-state index in [-0.39, 0.29) is 11.5 Å². The number of likely N-dealkylation sites (tertiary alicyclic amines) is 1. The molecule has 0 unspecified atom stereocenters. The quantitative estimate of drug-likeness (QED) is 0.882. The van der Waals surface area contributed by atoms with Crippen LogP contribution < -0.4 is 0 Å². The molecular weight excluding hydrogens is 258 g/mol. The van der Waals surface area contributed by atoms with E-state index in [1.165, 1.54) is 24.3 Å². The van der Waals surface area contributed by atoms with Crippen molar-refractivity contribution in [3.63, 3.8) is 0 Å². The molecule has 0 radical (unpaired) electrons. The fourth-order valence-corrected chi connectivity index (χ4v) is 2.42. The number of aromatic carboxylic acids is 1. The molecule has 1 fully saturated rings. The van der Waals surface area contributed by atoms with Gasteiger partial charge in [-0.05, 0) is 43.5 Å². The van der Waals surface area contributed by atoms with Crippen molar-refractivity contribution in [2.75, 3.05) is 13.1 Å². The van der Waals surface area contributed by atoms with E-state index < -0.39 is 11.6 Å². The standard InChI is InChI=1S/C15H19NO4/c1-2-15(20)7-9-16(10-8-15)13(17)11-3-5-12(6-4-11)14(18)19/h3-6,20H,2,7-10H2,1H3,(H,18,19). The zero-order valence-electron chi connectivity index (χ0n) is 11.5. The minimum absolute atomic E-state index is 0.111. The Kier molecular flexibility index (Phi) is 4.09. The van der Waals surface area contributed by atoms with Gasteiger partial charge in [-0.1, -0.05) is 6.92 Å². The lowest BCUT2D eigenvalue weighted by molar-refractivity contribution is -0.0193. The number of piperidine rings is 1. The second-order valence-corrected chi connectivity index (χ2v) is 5.25. The number of amides is 1. The fourth-order valence-electron chi connectivity index (χ4n) is 2.42. The Morgan fingerprint density at radius 3 is 2.10 bits per heavy atom. The number of aliphatic hydroxyl groups is 1. The predicted molar refractivity (Wildman–Crippen MR) is 73.8 cm³/mol. The van der Waals surface area contributed by atoms with Crippen molar-refractivity contribution in [3.05, 3.63) is 35.4 Å². The van der Waals surface area contributed by atoms with Crippen LogP contribution in [0.3, 0.4) is 0 Å². The van der Waals surface area contributed by atoms with Crippen LogP contribution in [-0.2, 0) is 0 Å². The molecule has 2 rings (SSSR count). The number of carboxylic acid groups (broad SMARTS) is 1. The number of hydrogen-bond acceptors (Lipinski definition) is 3. The van der Waals surface area contributed by atoms with Crippen molar-refractivity contribution in [2.45, 2.75) is 31.8 Å². The van der Waals surface area contributed by atoms with Crippen LogP contribution in [0.1, 0.15) is 46.9 Å². The van der Waals surface area contributed by atoms with Crippen LogP contribution in [0.15, 0.2) is 24.3 Å². The molecule has 0 aliphatic carbocycles. The number of benzene rings is 1. The predicted octanol–water partition coefficient (Wildman–Crippen LogP) is 1.76. The molecule has 1 aromatic carbocycles. The summed E-state index contributed by atoms with van der Waals surface area (Å²) in [5.41, 5.74) is 0.00159. The Balaban J connectivity index is 2.03. The van der Waals surface area contributed by atoms with Gasteiger partial charge in [0.2, 0.25) is 0 Å². The average molecular weight is 277 g/mol. The summed E-state index contributed by atoms with van der Waals surface area (Å²) in [6.07, 6.45) is 1.87. The van der Waals surface area contributed by atoms with Gasteiger partial charge in [-0.15, -0.1) is 0 Å². The molecule has 108 valence electrons. The monoisotopic (exact) mass is 277 g/mol. The van der Waals surface area contributed by atoms with Crippen LogP contribution in [0.2, 0.25) is 0 Å². The molecule has 1 heterocycles. The van der Waals surface area contributed by atoms with Gasteiger partial charge in [0.05, 0.1) is 11.2 Å². The van der Waals surface area contributed by atoms with Gasteiger partial charge in [0.15, 0.2) is 0 Å². The van der Waals surface area contributed by atoms with Gasteiger partial charge in [-0.3, -0.25) is 4.79 Å². The van der Waals surface area contributed by atoms with E-state index in [0.29, 0.717) is 37.9 Å². The third kappa shape index (κ3) is 2.99. The van der Waals surface area contributed by atoms with Crippen molar-refractivity contribution in [3.8, 4) is 0 Å². The normalized spacial score (nSPS) is 17.8. The first-order valence-corrected chi connectivity index (χ1v) is 6.80. The zero-order valence-corrected chi connectivity index (χ0v) is 11.5. The lowest BCUT2D eigenvalue weighted by Crippen LogP contribution is -2.46. The number of carbonyl (C=O) groups excluding carboxylic acids is 1. The lowest BCUT2D eigenvalue weighted by atomic mass is 9.89. The third-order valence-electron chi connectivity index (χ3n) is 4.02. The van der Waals surface area contributed by atoms with Gasteiger partial charge in [0, 0.05) is 18.7 Å². The Hall–Kier alpha value is -1.88. The van der Waals surface area contributed by atoms with Crippen LogP contribution >= 0.6 is 0 Å². The summed E-state index contributed by atoms with van der Waals surface area (Å²) in [5.74, 6) is -1.12. The number of rotatable bonds is 3. The maximum Gasteiger partial charge on any atom is 0.335 e. The van der Waals surface area contributed by atoms with Gasteiger partial charge in [-0.25, -0.2) is 4.79 Å². The second kappa shape index (κ2) is 5.63. The van der Waals surface area contributed by atoms with E-state index in [2.05, 4.69) is 0 Å². The number of hydrogen-bond donors (Lipinski definition) is 2. The highest BCUT2D eigenvalue weighted by Gasteiger charge is 2.32. The zero-order chi connectivity index (χ0) is 14.8. The molecule has 5 nitrogen and oxygen atoms in total. The Labute approximate surface area is 117 Å². The summed E-state index contributed by atoms with van der Waals surface area (Å²) in [7, 11) is 0. The SMILES string of the molecule is CCC1(O)CCN(C(=O)c2ccc(C(=O)O)cc2)CC1. The largest absolute Gasteiger partial charge is 0.478 e. The fraction of sp³-hybridized carbons (Fsp3) is 0.467. The summed E-state index contributed by atoms with van der Waals surface area (Å²) in [5, 5.41) is 19.0. The molecule has 1 aliphatic heterocycles. The first kappa shape index (κ1) is 14.5. The summed E-state index contributed by atoms with van der Waals surface area (Å²) in [6.45, 7) is 3.01. The van der Waals surface area contributed by atoms with Gasteiger partial charge in [0.1, 0.15) is 0 Å². The maximum absolute atomic E-state index is 12.3. The van der Waals surface area contributed by atoms with Gasteiger partial charge in [-0.2, -0.15) is 0 Å². The van der Waals surface area contributed by atoms with E-state index in [0.717, 1.165) is 0 Å². The molecule has 20 heavy (non-hydrogen) atoms. The third-order valence-corrected chi connectivity index (χ3v) is 4.02. The number of carbonyl (C=O) groups is 2. The van der Waals surface area contributed by atoms with Crippen LogP contribution in [-0.4, -0.2) is 45.7 Å². The number of nitrogens with zero attached hydrogens (tertiary/aromatic N) is 1. The van der Waals surface area contributed by atoms with Crippen molar-refractivity contribution in [2.24, 2.45) is 0 Å². The van der Waals surface area contributed by atoms with Crippen LogP contribution in [0.5, 0.6) is 0 Å². The molecule has 1 amide bonds. The van der Waals surface area contributed by atoms with E-state index in [1.807, 2.05) is 6.92 Å². The summed E-state index contributed by atoms with van der Waals surface area (Å²) < 4.78 is 0. The van der Waals surface area contributed by atoms with Crippen molar-refractivity contribution >= 4 is 11.9 Å². The van der Waals surface area contributed by atoms with E-state index in [4.69, 9.17) is 5.11 Å². The van der Waals surface area contributed by atoms with Crippen molar-refractivity contribution < 1.29 is 19.8 Å². The Morgan fingerprint density at radius 2 is 1.65 bits per heavy atom. The summed E-state index contributed by atoms with van der Waals surface area (Å²) in [6, 6.07) is 5.93. The van der Waals surface area contributed by atoms with Crippen LogP contribution in [0.4, 0.5) is 0 Å². The minimum atomic E-state index is -1.00. The Bertz CT molecular complexity index is 501. The molecule has 0 atom stereocenters. The van der Waals surface area contributed by atoms with Gasteiger partial charge < -0.3 is 15.1 Å². The van der Waals surface area contributed by atoms with E-state index in [1.54, 1.807) is 4.90 Å². The first-order chi connectivity index (χ1) is 9.45. The van der Waals surface area contributed by atoms with Crippen LogP contribution in [0, 0.1) is 0 Å². The highest BCUT2D eigenvalue weighted by atomic mass is 16.4. The highest BCUT2D eigenvalue weighted by molar-refractivity contribution is 5.96. The Morgan fingerprint density at radius 1 is 1.15 bits per heavy atom. The summed E-state index contributed by atoms with van der Waals surface area (Å²) >= 11 is 0. The minimum Gasteiger partial charge on any atom is -0.478 e. The van der Waals surface area contributed by atoms with Gasteiger partial charge >= 0.3 is 5.97 Å². The topological polar surface area (TPSA) is 77.8 Å². The molecule has 0 bridgehead atoms. The average Bonchev–Trinajstić information content (AvgIpc) is 2.47. The van der Waals surface area contributed by atoms with Crippen LogP contribution in [0.25, 0.3) is 0 Å². The lowest BCUT2D eigenvalue weighted by Gasteiger charge is -2.37. The smallest absolute Gasteiger partial charge is 0.335 e. The molecule has 0 aromatic heterocycles. The first-order valence-electron chi connectivity index (χ1n) is 6.80. The van der Waals surface area contributed by atoms with E-state index in [9.17, 15) is 14.7 Å². The van der Waals surface area contributed by atoms with E-state index >= 15 is 0 Å². The highest BCUT2D eigenvalue weighted by Crippen LogP contribution is 2.26. The molecular formula is C15H19NO4. The molecule has 0 spiro atoms. The number of carboxylic acids is 1. The maximum atomic E-state index is 12.3. The molecule has 5 heteroatoms. The summed E-state index contributed by atoms with van der Waals surface area (Å²) in [4.78, 5) is 24.8. The van der Waals surface area contributed by atoms with Gasteiger partial charge in [0.25, 0.3) is 5.91 Å². The molecule has 1 aromatic rings. The van der Waals surface area contributed by atoms with Crippen molar-refractivity contribution in [1.29, 1.82) is 0 Å². The molecule has 1 aliphatic rings.